The number of benzene rings is 2. The molecule has 1 heterocycles. The van der Waals surface area contributed by atoms with E-state index in [4.69, 9.17) is 25.8 Å². The van der Waals surface area contributed by atoms with E-state index in [-0.39, 0.29) is 5.02 Å². The second-order valence-electron chi connectivity index (χ2n) is 5.43. The number of hydrogen-bond donors (Lipinski definition) is 1. The van der Waals surface area contributed by atoms with Crippen molar-refractivity contribution in [3.8, 4) is 11.5 Å². The largest absolute Gasteiger partial charge is 0.493 e. The van der Waals surface area contributed by atoms with E-state index in [1.165, 1.54) is 20.3 Å². The van der Waals surface area contributed by atoms with E-state index in [0.29, 0.717) is 29.2 Å². The molecule has 130 valence electrons. The van der Waals surface area contributed by atoms with Gasteiger partial charge in [0.05, 0.1) is 30.5 Å². The SMILES string of the molecule is COc1cc(Cl)c(NC(=O)[C@@H]2Cc3ccccc3C(=O)O2)cc1OC. The van der Waals surface area contributed by atoms with Crippen molar-refractivity contribution in [1.82, 2.24) is 0 Å². The van der Waals surface area contributed by atoms with Gasteiger partial charge in [-0.25, -0.2) is 4.79 Å². The summed E-state index contributed by atoms with van der Waals surface area (Å²) in [6, 6.07) is 10.1. The van der Waals surface area contributed by atoms with Gasteiger partial charge in [0.15, 0.2) is 17.6 Å². The van der Waals surface area contributed by atoms with Crippen LogP contribution in [-0.2, 0) is 16.0 Å². The fraction of sp³-hybridized carbons (Fsp3) is 0.222. The lowest BCUT2D eigenvalue weighted by Crippen LogP contribution is -2.38. The third kappa shape index (κ3) is 3.39. The van der Waals surface area contributed by atoms with Crippen LogP contribution in [0.3, 0.4) is 0 Å². The van der Waals surface area contributed by atoms with Gasteiger partial charge in [-0.15, -0.1) is 0 Å². The molecular weight excluding hydrogens is 346 g/mol. The van der Waals surface area contributed by atoms with Gasteiger partial charge in [-0.3, -0.25) is 4.79 Å². The number of ether oxygens (including phenoxy) is 3. The number of cyclic esters (lactones) is 1. The minimum atomic E-state index is -0.924. The Balaban J connectivity index is 1.81. The summed E-state index contributed by atoms with van der Waals surface area (Å²) in [7, 11) is 2.97. The lowest BCUT2D eigenvalue weighted by atomic mass is 9.98. The second kappa shape index (κ2) is 7.03. The van der Waals surface area contributed by atoms with Crippen LogP contribution in [0.2, 0.25) is 5.02 Å². The molecular formula is C18H16ClNO5. The van der Waals surface area contributed by atoms with Gasteiger partial charge in [-0.2, -0.15) is 0 Å². The smallest absolute Gasteiger partial charge is 0.339 e. The molecule has 3 rings (SSSR count). The van der Waals surface area contributed by atoms with Crippen LogP contribution in [0.4, 0.5) is 5.69 Å². The first-order chi connectivity index (χ1) is 12.0. The number of hydrogen-bond acceptors (Lipinski definition) is 5. The molecule has 0 aromatic heterocycles. The van der Waals surface area contributed by atoms with Gasteiger partial charge in [0, 0.05) is 18.6 Å². The molecule has 1 aliphatic heterocycles. The third-order valence-electron chi connectivity index (χ3n) is 3.92. The molecule has 2 aromatic carbocycles. The molecule has 0 bridgehead atoms. The number of nitrogens with one attached hydrogen (secondary N) is 1. The van der Waals surface area contributed by atoms with Crippen molar-refractivity contribution < 1.29 is 23.8 Å². The standard InChI is InChI=1S/C18H16ClNO5/c1-23-14-8-12(19)13(9-15(14)24-2)20-17(21)16-7-10-5-3-4-6-11(10)18(22)25-16/h3-6,8-9,16H,7H2,1-2H3,(H,20,21)/t16-/m0/s1. The van der Waals surface area contributed by atoms with Crippen molar-refractivity contribution in [1.29, 1.82) is 0 Å². The number of esters is 1. The molecule has 25 heavy (non-hydrogen) atoms. The predicted molar refractivity (Wildman–Crippen MR) is 92.5 cm³/mol. The molecule has 1 amide bonds. The maximum atomic E-state index is 12.5. The molecule has 0 spiro atoms. The zero-order chi connectivity index (χ0) is 18.0. The maximum absolute atomic E-state index is 12.5. The molecule has 0 fully saturated rings. The van der Waals surface area contributed by atoms with E-state index >= 15 is 0 Å². The van der Waals surface area contributed by atoms with E-state index in [1.54, 1.807) is 24.3 Å². The Morgan fingerprint density at radius 2 is 1.88 bits per heavy atom. The molecule has 1 atom stereocenters. The molecule has 7 heteroatoms. The fourth-order valence-corrected chi connectivity index (χ4v) is 2.84. The maximum Gasteiger partial charge on any atom is 0.339 e. The molecule has 0 unspecified atom stereocenters. The molecule has 2 aromatic rings. The highest BCUT2D eigenvalue weighted by Gasteiger charge is 2.31. The lowest BCUT2D eigenvalue weighted by Gasteiger charge is -2.24. The molecule has 0 saturated heterocycles. The summed E-state index contributed by atoms with van der Waals surface area (Å²) in [5.74, 6) is -0.103. The average Bonchev–Trinajstić information content (AvgIpc) is 2.62. The zero-order valence-corrected chi connectivity index (χ0v) is 14.4. The van der Waals surface area contributed by atoms with Gasteiger partial charge < -0.3 is 19.5 Å². The van der Waals surface area contributed by atoms with Crippen LogP contribution < -0.4 is 14.8 Å². The highest BCUT2D eigenvalue weighted by atomic mass is 35.5. The number of amides is 1. The first-order valence-electron chi connectivity index (χ1n) is 7.54. The van der Waals surface area contributed by atoms with Crippen molar-refractivity contribution in [2.24, 2.45) is 0 Å². The molecule has 0 radical (unpaired) electrons. The molecule has 0 aliphatic carbocycles. The zero-order valence-electron chi connectivity index (χ0n) is 13.7. The molecule has 0 saturated carbocycles. The van der Waals surface area contributed by atoms with E-state index in [9.17, 15) is 9.59 Å². The number of carbonyl (C=O) groups is 2. The van der Waals surface area contributed by atoms with Crippen LogP contribution in [0.1, 0.15) is 15.9 Å². The first kappa shape index (κ1) is 17.1. The first-order valence-corrected chi connectivity index (χ1v) is 7.92. The van der Waals surface area contributed by atoms with E-state index < -0.39 is 18.0 Å². The second-order valence-corrected chi connectivity index (χ2v) is 5.84. The summed E-state index contributed by atoms with van der Waals surface area (Å²) in [4.78, 5) is 24.5. The topological polar surface area (TPSA) is 73.9 Å². The Bertz CT molecular complexity index is 836. The van der Waals surface area contributed by atoms with Gasteiger partial charge in [0.1, 0.15) is 0 Å². The van der Waals surface area contributed by atoms with Gasteiger partial charge in [0.25, 0.3) is 5.91 Å². The number of halogens is 1. The van der Waals surface area contributed by atoms with E-state index in [0.717, 1.165) is 5.56 Å². The summed E-state index contributed by atoms with van der Waals surface area (Å²) in [5.41, 5.74) is 1.60. The van der Waals surface area contributed by atoms with Gasteiger partial charge in [-0.1, -0.05) is 29.8 Å². The number of anilines is 1. The summed E-state index contributed by atoms with van der Waals surface area (Å²) in [6.07, 6.45) is -0.620. The summed E-state index contributed by atoms with van der Waals surface area (Å²) >= 11 is 6.17. The Morgan fingerprint density at radius 3 is 2.60 bits per heavy atom. The minimum absolute atomic E-state index is 0.286. The molecule has 6 nitrogen and oxygen atoms in total. The number of rotatable bonds is 4. The monoisotopic (exact) mass is 361 g/mol. The van der Waals surface area contributed by atoms with Crippen LogP contribution in [0, 0.1) is 0 Å². The highest BCUT2D eigenvalue weighted by Crippen LogP contribution is 2.36. The van der Waals surface area contributed by atoms with Crippen LogP contribution in [0.15, 0.2) is 36.4 Å². The molecule has 1 N–H and O–H groups in total. The number of carbonyl (C=O) groups excluding carboxylic acids is 2. The van der Waals surface area contributed by atoms with Crippen LogP contribution in [0.5, 0.6) is 11.5 Å². The summed E-state index contributed by atoms with van der Waals surface area (Å²) in [5, 5.41) is 2.96. The number of fused-ring (bicyclic) bond motifs is 1. The Labute approximate surface area is 149 Å². The van der Waals surface area contributed by atoms with Gasteiger partial charge >= 0.3 is 5.97 Å². The number of methoxy groups -OCH3 is 2. The van der Waals surface area contributed by atoms with Crippen molar-refractivity contribution in [3.63, 3.8) is 0 Å². The third-order valence-corrected chi connectivity index (χ3v) is 4.23. The quantitative estimate of drug-likeness (QED) is 0.847. The van der Waals surface area contributed by atoms with Crippen molar-refractivity contribution in [2.45, 2.75) is 12.5 Å². The lowest BCUT2D eigenvalue weighted by molar-refractivity contribution is -0.125. The molecule has 1 aliphatic rings. The van der Waals surface area contributed by atoms with Crippen molar-refractivity contribution in [2.75, 3.05) is 19.5 Å². The van der Waals surface area contributed by atoms with E-state index in [1.807, 2.05) is 6.07 Å². The highest BCUT2D eigenvalue weighted by molar-refractivity contribution is 6.34. The summed E-state index contributed by atoms with van der Waals surface area (Å²) < 4.78 is 15.6. The normalized spacial score (nSPS) is 15.8. The van der Waals surface area contributed by atoms with Gasteiger partial charge in [0.2, 0.25) is 0 Å². The summed E-state index contributed by atoms with van der Waals surface area (Å²) in [6.45, 7) is 0. The predicted octanol–water partition coefficient (Wildman–Crippen LogP) is 3.08. The van der Waals surface area contributed by atoms with Crippen molar-refractivity contribution >= 4 is 29.2 Å². The van der Waals surface area contributed by atoms with Crippen LogP contribution in [-0.4, -0.2) is 32.2 Å². The van der Waals surface area contributed by atoms with Crippen LogP contribution in [0.25, 0.3) is 0 Å². The average molecular weight is 362 g/mol. The van der Waals surface area contributed by atoms with Crippen LogP contribution >= 0.6 is 11.6 Å². The Hall–Kier alpha value is -2.73. The Morgan fingerprint density at radius 1 is 1.20 bits per heavy atom. The minimum Gasteiger partial charge on any atom is -0.493 e. The van der Waals surface area contributed by atoms with Crippen molar-refractivity contribution in [3.05, 3.63) is 52.5 Å². The fourth-order valence-electron chi connectivity index (χ4n) is 2.64. The van der Waals surface area contributed by atoms with E-state index in [2.05, 4.69) is 5.32 Å². The van der Waals surface area contributed by atoms with Gasteiger partial charge in [-0.05, 0) is 11.6 Å². The Kier molecular flexibility index (Phi) is 4.81.